The molecule has 2 nitrogen and oxygen atoms in total. The van der Waals surface area contributed by atoms with Crippen LogP contribution in [0, 0.1) is 12.8 Å². The Kier molecular flexibility index (Phi) is 5.65. The molecule has 1 aliphatic rings. The van der Waals surface area contributed by atoms with Crippen molar-refractivity contribution in [1.29, 1.82) is 0 Å². The first-order valence-corrected chi connectivity index (χ1v) is 8.54. The Morgan fingerprint density at radius 1 is 1.35 bits per heavy atom. The van der Waals surface area contributed by atoms with Gasteiger partial charge in [-0.1, -0.05) is 48.3 Å². The molecule has 2 atom stereocenters. The minimum Gasteiger partial charge on any atom is -0.326 e. The molecule has 1 aliphatic heterocycles. The Hall–Kier alpha value is -0.380. The van der Waals surface area contributed by atoms with Gasteiger partial charge >= 0.3 is 0 Å². The summed E-state index contributed by atoms with van der Waals surface area (Å²) in [7, 11) is 0. The van der Waals surface area contributed by atoms with E-state index in [9.17, 15) is 0 Å². The highest BCUT2D eigenvalue weighted by molar-refractivity contribution is 9.10. The van der Waals surface area contributed by atoms with Crippen molar-refractivity contribution in [2.24, 2.45) is 11.7 Å². The molecule has 2 rings (SSSR count). The number of nitrogens with zero attached hydrogens (tertiary/aromatic N) is 1. The van der Waals surface area contributed by atoms with Crippen LogP contribution in [0.3, 0.4) is 0 Å². The fraction of sp³-hybridized carbons (Fsp3) is 0.647. The van der Waals surface area contributed by atoms with Gasteiger partial charge in [-0.2, -0.15) is 0 Å². The summed E-state index contributed by atoms with van der Waals surface area (Å²) in [4.78, 5) is 2.60. The zero-order valence-corrected chi connectivity index (χ0v) is 14.5. The number of hydrogen-bond acceptors (Lipinski definition) is 2. The van der Waals surface area contributed by atoms with Crippen molar-refractivity contribution in [3.05, 3.63) is 33.8 Å². The monoisotopic (exact) mass is 338 g/mol. The molecule has 0 aliphatic carbocycles. The average Bonchev–Trinajstić information content (AvgIpc) is 2.54. The molecule has 2 unspecified atom stereocenters. The van der Waals surface area contributed by atoms with Gasteiger partial charge in [-0.3, -0.25) is 4.90 Å². The second kappa shape index (κ2) is 7.06. The standard InChI is InChI=1S/C17H27BrN2/c1-12(2)11-20-9-5-4-6-16(19)17(20)14-8-7-13(3)15(18)10-14/h7-8,10,12,16-17H,4-6,9,11,19H2,1-3H3. The normalized spacial score (nSPS) is 24.9. The Balaban J connectivity index is 2.31. The highest BCUT2D eigenvalue weighted by Crippen LogP contribution is 2.32. The number of benzene rings is 1. The highest BCUT2D eigenvalue weighted by atomic mass is 79.9. The van der Waals surface area contributed by atoms with Crippen molar-refractivity contribution in [2.75, 3.05) is 13.1 Å². The molecule has 112 valence electrons. The molecule has 1 fully saturated rings. The molecule has 2 N–H and O–H groups in total. The molecule has 1 aromatic carbocycles. The summed E-state index contributed by atoms with van der Waals surface area (Å²) in [6, 6.07) is 7.31. The van der Waals surface area contributed by atoms with E-state index in [1.165, 1.54) is 35.0 Å². The largest absolute Gasteiger partial charge is 0.326 e. The van der Waals surface area contributed by atoms with E-state index in [-0.39, 0.29) is 6.04 Å². The van der Waals surface area contributed by atoms with Crippen LogP contribution >= 0.6 is 15.9 Å². The molecule has 1 saturated heterocycles. The number of rotatable bonds is 3. The summed E-state index contributed by atoms with van der Waals surface area (Å²) in [5.41, 5.74) is 9.15. The molecule has 0 bridgehead atoms. The van der Waals surface area contributed by atoms with Crippen molar-refractivity contribution >= 4 is 15.9 Å². The lowest BCUT2D eigenvalue weighted by atomic mass is 9.95. The predicted octanol–water partition coefficient (Wildman–Crippen LogP) is 4.27. The highest BCUT2D eigenvalue weighted by Gasteiger charge is 2.29. The number of halogens is 1. The van der Waals surface area contributed by atoms with Crippen molar-refractivity contribution in [2.45, 2.75) is 52.1 Å². The lowest BCUT2D eigenvalue weighted by molar-refractivity contribution is 0.165. The molecule has 0 saturated carbocycles. The van der Waals surface area contributed by atoms with E-state index in [0.717, 1.165) is 13.0 Å². The Morgan fingerprint density at radius 2 is 2.10 bits per heavy atom. The molecule has 1 heterocycles. The number of nitrogens with two attached hydrogens (primary N) is 1. The van der Waals surface area contributed by atoms with Crippen LogP contribution in [0.2, 0.25) is 0 Å². The summed E-state index contributed by atoms with van der Waals surface area (Å²) in [6.07, 6.45) is 3.65. The molecule has 0 amide bonds. The van der Waals surface area contributed by atoms with E-state index in [4.69, 9.17) is 5.73 Å². The van der Waals surface area contributed by atoms with Crippen LogP contribution in [0.15, 0.2) is 22.7 Å². The van der Waals surface area contributed by atoms with Gasteiger partial charge in [0.25, 0.3) is 0 Å². The van der Waals surface area contributed by atoms with Gasteiger partial charge in [0.2, 0.25) is 0 Å². The molecular weight excluding hydrogens is 312 g/mol. The number of likely N-dealkylation sites (tertiary alicyclic amines) is 1. The zero-order chi connectivity index (χ0) is 14.7. The van der Waals surface area contributed by atoms with Gasteiger partial charge in [-0.15, -0.1) is 0 Å². The summed E-state index contributed by atoms with van der Waals surface area (Å²) < 4.78 is 1.19. The second-order valence-corrected chi connectivity index (χ2v) is 7.36. The van der Waals surface area contributed by atoms with E-state index in [1.807, 2.05) is 0 Å². The third-order valence-corrected chi connectivity index (χ3v) is 5.02. The minimum atomic E-state index is 0.242. The summed E-state index contributed by atoms with van der Waals surface area (Å²) in [6.45, 7) is 9.01. The fourth-order valence-electron chi connectivity index (χ4n) is 3.19. The molecule has 0 radical (unpaired) electrons. The van der Waals surface area contributed by atoms with Crippen LogP contribution in [-0.4, -0.2) is 24.0 Å². The first-order valence-electron chi connectivity index (χ1n) is 7.74. The minimum absolute atomic E-state index is 0.242. The summed E-state index contributed by atoms with van der Waals surface area (Å²) in [5.74, 6) is 0.677. The number of hydrogen-bond donors (Lipinski definition) is 1. The van der Waals surface area contributed by atoms with E-state index in [2.05, 4.69) is 59.8 Å². The van der Waals surface area contributed by atoms with Gasteiger partial charge in [0.05, 0.1) is 0 Å². The van der Waals surface area contributed by atoms with Crippen LogP contribution in [0.1, 0.15) is 50.3 Å². The molecule has 3 heteroatoms. The average molecular weight is 339 g/mol. The van der Waals surface area contributed by atoms with Crippen molar-refractivity contribution in [3.63, 3.8) is 0 Å². The molecule has 1 aromatic rings. The van der Waals surface area contributed by atoms with E-state index in [0.29, 0.717) is 12.0 Å². The SMILES string of the molecule is Cc1ccc(C2C(N)CCCCN2CC(C)C)cc1Br. The van der Waals surface area contributed by atoms with Gasteiger partial charge in [0.15, 0.2) is 0 Å². The maximum atomic E-state index is 6.51. The predicted molar refractivity (Wildman–Crippen MR) is 89.9 cm³/mol. The molecular formula is C17H27BrN2. The van der Waals surface area contributed by atoms with Crippen LogP contribution in [0.4, 0.5) is 0 Å². The maximum Gasteiger partial charge on any atom is 0.0499 e. The van der Waals surface area contributed by atoms with Gasteiger partial charge in [-0.05, 0) is 49.4 Å². The Bertz CT molecular complexity index is 445. The summed E-state index contributed by atoms with van der Waals surface area (Å²) >= 11 is 3.66. The lowest BCUT2D eigenvalue weighted by Gasteiger charge is -2.35. The topological polar surface area (TPSA) is 29.3 Å². The van der Waals surface area contributed by atoms with Crippen LogP contribution in [0.25, 0.3) is 0 Å². The second-order valence-electron chi connectivity index (χ2n) is 6.50. The Labute approximate surface area is 131 Å². The van der Waals surface area contributed by atoms with Crippen molar-refractivity contribution in [3.8, 4) is 0 Å². The molecule has 0 spiro atoms. The van der Waals surface area contributed by atoms with Crippen LogP contribution < -0.4 is 5.73 Å². The van der Waals surface area contributed by atoms with Gasteiger partial charge < -0.3 is 5.73 Å². The van der Waals surface area contributed by atoms with Gasteiger partial charge in [-0.25, -0.2) is 0 Å². The quantitative estimate of drug-likeness (QED) is 0.891. The van der Waals surface area contributed by atoms with E-state index in [1.54, 1.807) is 0 Å². The van der Waals surface area contributed by atoms with Crippen molar-refractivity contribution in [1.82, 2.24) is 4.90 Å². The smallest absolute Gasteiger partial charge is 0.0499 e. The first kappa shape index (κ1) is 16.0. The lowest BCUT2D eigenvalue weighted by Crippen LogP contribution is -2.41. The van der Waals surface area contributed by atoms with Gasteiger partial charge in [0.1, 0.15) is 0 Å². The number of aryl methyl sites for hydroxylation is 1. The summed E-state index contributed by atoms with van der Waals surface area (Å²) in [5, 5.41) is 0. The zero-order valence-electron chi connectivity index (χ0n) is 12.9. The van der Waals surface area contributed by atoms with Gasteiger partial charge in [0, 0.05) is 23.1 Å². The maximum absolute atomic E-state index is 6.51. The van der Waals surface area contributed by atoms with Crippen molar-refractivity contribution < 1.29 is 0 Å². The van der Waals surface area contributed by atoms with Crippen LogP contribution in [-0.2, 0) is 0 Å². The third-order valence-electron chi connectivity index (χ3n) is 4.17. The van der Waals surface area contributed by atoms with Crippen LogP contribution in [0.5, 0.6) is 0 Å². The molecule has 0 aromatic heterocycles. The molecule has 20 heavy (non-hydrogen) atoms. The van der Waals surface area contributed by atoms with E-state index >= 15 is 0 Å². The fourth-order valence-corrected chi connectivity index (χ4v) is 3.58. The Morgan fingerprint density at radius 3 is 2.75 bits per heavy atom. The first-order chi connectivity index (χ1) is 9.49. The van der Waals surface area contributed by atoms with E-state index < -0.39 is 0 Å². The third kappa shape index (κ3) is 3.84.